The number of benzene rings is 1. The Balaban J connectivity index is 2.44. The fourth-order valence-electron chi connectivity index (χ4n) is 2.20. The van der Waals surface area contributed by atoms with Gasteiger partial charge in [0.2, 0.25) is 0 Å². The van der Waals surface area contributed by atoms with E-state index in [2.05, 4.69) is 43.6 Å². The summed E-state index contributed by atoms with van der Waals surface area (Å²) in [5.74, 6) is 2.59. The highest BCUT2D eigenvalue weighted by Crippen LogP contribution is 2.14. The van der Waals surface area contributed by atoms with E-state index in [9.17, 15) is 0 Å². The first-order valence-corrected chi connectivity index (χ1v) is 7.25. The molecule has 0 N–H and O–H groups in total. The second-order valence-electron chi connectivity index (χ2n) is 4.88. The second kappa shape index (κ2) is 8.44. The Morgan fingerprint density at radius 1 is 1.28 bits per heavy atom. The summed E-state index contributed by atoms with van der Waals surface area (Å²) in [5.41, 5.74) is 1.33. The molecule has 0 aliphatic rings. The van der Waals surface area contributed by atoms with E-state index in [0.29, 0.717) is 5.92 Å². The number of hydrogen-bond acceptors (Lipinski definition) is 3. The second-order valence-corrected chi connectivity index (χ2v) is 5.25. The molecule has 2 nitrogen and oxygen atoms in total. The lowest BCUT2D eigenvalue weighted by Gasteiger charge is -2.22. The molecule has 102 valence electrons. The Morgan fingerprint density at radius 3 is 2.44 bits per heavy atom. The van der Waals surface area contributed by atoms with E-state index in [1.54, 1.807) is 7.11 Å². The zero-order chi connectivity index (χ0) is 13.4. The van der Waals surface area contributed by atoms with Gasteiger partial charge in [-0.05, 0) is 42.8 Å². The summed E-state index contributed by atoms with van der Waals surface area (Å²) in [6.45, 7) is 4.33. The largest absolute Gasteiger partial charge is 0.497 e. The van der Waals surface area contributed by atoms with Crippen molar-refractivity contribution in [3.05, 3.63) is 29.8 Å². The molecule has 1 aromatic carbocycles. The summed E-state index contributed by atoms with van der Waals surface area (Å²) in [5, 5.41) is 0. The lowest BCUT2D eigenvalue weighted by Crippen LogP contribution is -2.26. The average Bonchev–Trinajstić information content (AvgIpc) is 2.39. The van der Waals surface area contributed by atoms with E-state index in [1.165, 1.54) is 18.4 Å². The van der Waals surface area contributed by atoms with Gasteiger partial charge in [0, 0.05) is 13.1 Å². The zero-order valence-electron chi connectivity index (χ0n) is 11.7. The van der Waals surface area contributed by atoms with Gasteiger partial charge in [0.1, 0.15) is 5.75 Å². The fourth-order valence-corrected chi connectivity index (χ4v) is 2.49. The van der Waals surface area contributed by atoms with Gasteiger partial charge in [-0.2, -0.15) is 12.6 Å². The molecule has 0 saturated carbocycles. The van der Waals surface area contributed by atoms with Gasteiger partial charge >= 0.3 is 0 Å². The summed E-state index contributed by atoms with van der Waals surface area (Å²) in [4.78, 5) is 2.37. The van der Waals surface area contributed by atoms with Crippen molar-refractivity contribution in [2.24, 2.45) is 5.92 Å². The van der Waals surface area contributed by atoms with Crippen molar-refractivity contribution >= 4 is 12.6 Å². The van der Waals surface area contributed by atoms with E-state index < -0.39 is 0 Å². The van der Waals surface area contributed by atoms with Crippen LogP contribution >= 0.6 is 12.6 Å². The highest BCUT2D eigenvalue weighted by molar-refractivity contribution is 7.80. The first-order chi connectivity index (χ1) is 8.69. The lowest BCUT2D eigenvalue weighted by molar-refractivity contribution is 0.273. The molecule has 1 aromatic rings. The predicted octanol–water partition coefficient (Wildman–Crippen LogP) is 3.47. The van der Waals surface area contributed by atoms with Gasteiger partial charge in [-0.3, -0.25) is 0 Å². The maximum Gasteiger partial charge on any atom is 0.118 e. The maximum atomic E-state index is 5.16. The van der Waals surface area contributed by atoms with Gasteiger partial charge in [-0.15, -0.1) is 0 Å². The van der Waals surface area contributed by atoms with Crippen LogP contribution in [0.1, 0.15) is 25.3 Å². The van der Waals surface area contributed by atoms with E-state index in [-0.39, 0.29) is 0 Å². The van der Waals surface area contributed by atoms with E-state index >= 15 is 0 Å². The summed E-state index contributed by atoms with van der Waals surface area (Å²) < 4.78 is 5.16. The molecule has 18 heavy (non-hydrogen) atoms. The van der Waals surface area contributed by atoms with Crippen molar-refractivity contribution in [2.45, 2.75) is 26.3 Å². The smallest absolute Gasteiger partial charge is 0.118 e. The third-order valence-electron chi connectivity index (χ3n) is 3.14. The number of thiol groups is 1. The van der Waals surface area contributed by atoms with Gasteiger partial charge in [-0.1, -0.05) is 25.5 Å². The molecule has 0 heterocycles. The molecule has 1 atom stereocenters. The SMILES string of the molecule is CCCC(CS)CN(C)Cc1ccc(OC)cc1. The lowest BCUT2D eigenvalue weighted by atomic mass is 10.1. The van der Waals surface area contributed by atoms with E-state index in [1.807, 2.05) is 12.1 Å². The molecule has 0 aromatic heterocycles. The summed E-state index contributed by atoms with van der Waals surface area (Å²) in [6.07, 6.45) is 2.50. The van der Waals surface area contributed by atoms with Gasteiger partial charge < -0.3 is 9.64 Å². The number of rotatable bonds is 8. The van der Waals surface area contributed by atoms with Gasteiger partial charge in [0.15, 0.2) is 0 Å². The molecule has 0 amide bonds. The van der Waals surface area contributed by atoms with Crippen LogP contribution in [0.5, 0.6) is 5.75 Å². The zero-order valence-corrected chi connectivity index (χ0v) is 12.6. The van der Waals surface area contributed by atoms with Gasteiger partial charge in [0.05, 0.1) is 7.11 Å². The Morgan fingerprint density at radius 2 is 1.94 bits per heavy atom. The Hall–Kier alpha value is -0.670. The average molecular weight is 267 g/mol. The van der Waals surface area contributed by atoms with E-state index in [4.69, 9.17) is 4.74 Å². The van der Waals surface area contributed by atoms with Crippen molar-refractivity contribution < 1.29 is 4.74 Å². The molecule has 0 spiro atoms. The monoisotopic (exact) mass is 267 g/mol. The first-order valence-electron chi connectivity index (χ1n) is 6.62. The molecule has 0 aliphatic heterocycles. The molecular formula is C15H25NOS. The number of nitrogens with zero attached hydrogens (tertiary/aromatic N) is 1. The minimum Gasteiger partial charge on any atom is -0.497 e. The van der Waals surface area contributed by atoms with Crippen molar-refractivity contribution in [3.8, 4) is 5.75 Å². The van der Waals surface area contributed by atoms with Crippen LogP contribution in [0, 0.1) is 5.92 Å². The highest BCUT2D eigenvalue weighted by Gasteiger charge is 2.09. The van der Waals surface area contributed by atoms with Crippen LogP contribution in [0.4, 0.5) is 0 Å². The normalized spacial score (nSPS) is 12.7. The number of hydrogen-bond donors (Lipinski definition) is 1. The Labute approximate surface area is 117 Å². The van der Waals surface area contributed by atoms with Crippen molar-refractivity contribution in [1.82, 2.24) is 4.90 Å². The van der Waals surface area contributed by atoms with Crippen LogP contribution in [0.25, 0.3) is 0 Å². The van der Waals surface area contributed by atoms with Crippen LogP contribution in [0.2, 0.25) is 0 Å². The Bertz CT molecular complexity index is 326. The van der Waals surface area contributed by atoms with Crippen molar-refractivity contribution in [3.63, 3.8) is 0 Å². The van der Waals surface area contributed by atoms with E-state index in [0.717, 1.165) is 24.6 Å². The third-order valence-corrected chi connectivity index (χ3v) is 3.65. The van der Waals surface area contributed by atoms with Crippen LogP contribution in [-0.4, -0.2) is 31.4 Å². The highest BCUT2D eigenvalue weighted by atomic mass is 32.1. The molecular weight excluding hydrogens is 242 g/mol. The third kappa shape index (κ3) is 5.32. The number of methoxy groups -OCH3 is 1. The standard InChI is InChI=1S/C15H25NOS/c1-4-5-14(12-18)11-16(2)10-13-6-8-15(17-3)9-7-13/h6-9,14,18H,4-5,10-12H2,1-3H3. The first kappa shape index (κ1) is 15.4. The topological polar surface area (TPSA) is 12.5 Å². The summed E-state index contributed by atoms with van der Waals surface area (Å²) in [7, 11) is 3.87. The molecule has 0 bridgehead atoms. The molecule has 1 unspecified atom stereocenters. The quantitative estimate of drug-likeness (QED) is 0.724. The van der Waals surface area contributed by atoms with Crippen LogP contribution < -0.4 is 4.74 Å². The molecule has 0 fully saturated rings. The molecule has 0 radical (unpaired) electrons. The van der Waals surface area contributed by atoms with Crippen LogP contribution in [-0.2, 0) is 6.54 Å². The molecule has 0 saturated heterocycles. The number of ether oxygens (including phenoxy) is 1. The molecule has 3 heteroatoms. The maximum absolute atomic E-state index is 5.16. The predicted molar refractivity (Wildman–Crippen MR) is 81.6 cm³/mol. The van der Waals surface area contributed by atoms with Gasteiger partial charge in [0.25, 0.3) is 0 Å². The summed E-state index contributed by atoms with van der Waals surface area (Å²) in [6, 6.07) is 8.30. The minimum atomic E-state index is 0.696. The van der Waals surface area contributed by atoms with Crippen molar-refractivity contribution in [2.75, 3.05) is 26.5 Å². The van der Waals surface area contributed by atoms with Crippen molar-refractivity contribution in [1.29, 1.82) is 0 Å². The molecule has 0 aliphatic carbocycles. The van der Waals surface area contributed by atoms with Crippen LogP contribution in [0.3, 0.4) is 0 Å². The Kier molecular flexibility index (Phi) is 7.21. The molecule has 1 rings (SSSR count). The van der Waals surface area contributed by atoms with Crippen LogP contribution in [0.15, 0.2) is 24.3 Å². The summed E-state index contributed by atoms with van der Waals surface area (Å²) >= 11 is 4.43. The fraction of sp³-hybridized carbons (Fsp3) is 0.600. The minimum absolute atomic E-state index is 0.696. The van der Waals surface area contributed by atoms with Gasteiger partial charge in [-0.25, -0.2) is 0 Å².